The Hall–Kier alpha value is -2.57. The molecule has 11 heteroatoms. The summed E-state index contributed by atoms with van der Waals surface area (Å²) in [6.07, 6.45) is -4.17. The molecule has 0 saturated heterocycles. The fourth-order valence-corrected chi connectivity index (χ4v) is 2.95. The van der Waals surface area contributed by atoms with E-state index in [2.05, 4.69) is 20.4 Å². The molecule has 178 valence electrons. The third-order valence-electron chi connectivity index (χ3n) is 4.34. The van der Waals surface area contributed by atoms with Gasteiger partial charge in [-0.05, 0) is 18.6 Å². The summed E-state index contributed by atoms with van der Waals surface area (Å²) in [5.74, 6) is 1.82. The molecule has 0 radical (unpaired) electrons. The second kappa shape index (κ2) is 13.1. The summed E-state index contributed by atoms with van der Waals surface area (Å²) in [6, 6.07) is 9.61. The average Bonchev–Trinajstić information content (AvgIpc) is 2.75. The Balaban J connectivity index is 0.00000512. The third-order valence-corrected chi connectivity index (χ3v) is 4.34. The van der Waals surface area contributed by atoms with Crippen molar-refractivity contribution in [3.8, 4) is 23.0 Å². The summed E-state index contributed by atoms with van der Waals surface area (Å²) in [6.45, 7) is 0.595. The molecule has 7 nitrogen and oxygen atoms in total. The number of ether oxygens (including phenoxy) is 4. The van der Waals surface area contributed by atoms with Gasteiger partial charge >= 0.3 is 6.36 Å². The number of nitrogens with one attached hydrogen (secondary N) is 2. The van der Waals surface area contributed by atoms with Crippen molar-refractivity contribution in [3.05, 3.63) is 47.5 Å². The molecule has 0 fully saturated rings. The quantitative estimate of drug-likeness (QED) is 0.269. The van der Waals surface area contributed by atoms with Crippen LogP contribution in [0.1, 0.15) is 11.1 Å². The van der Waals surface area contributed by atoms with E-state index in [0.29, 0.717) is 41.7 Å². The van der Waals surface area contributed by atoms with Crippen molar-refractivity contribution in [1.29, 1.82) is 0 Å². The van der Waals surface area contributed by atoms with E-state index in [4.69, 9.17) is 14.2 Å². The van der Waals surface area contributed by atoms with E-state index in [1.807, 2.05) is 6.07 Å². The molecule has 2 aromatic rings. The second-order valence-corrected chi connectivity index (χ2v) is 6.25. The Morgan fingerprint density at radius 1 is 0.875 bits per heavy atom. The first-order chi connectivity index (χ1) is 14.8. The van der Waals surface area contributed by atoms with Crippen molar-refractivity contribution in [2.45, 2.75) is 19.3 Å². The van der Waals surface area contributed by atoms with Gasteiger partial charge in [-0.1, -0.05) is 24.3 Å². The van der Waals surface area contributed by atoms with Gasteiger partial charge in [-0.15, -0.1) is 37.1 Å². The fraction of sp³-hybridized carbons (Fsp3) is 0.381. The molecule has 0 unspecified atom stereocenters. The molecule has 2 aromatic carbocycles. The van der Waals surface area contributed by atoms with E-state index in [-0.39, 0.29) is 36.3 Å². The highest BCUT2D eigenvalue weighted by molar-refractivity contribution is 14.0. The third kappa shape index (κ3) is 7.84. The highest BCUT2D eigenvalue weighted by atomic mass is 127. The van der Waals surface area contributed by atoms with Crippen molar-refractivity contribution in [2.24, 2.45) is 4.99 Å². The Labute approximate surface area is 202 Å². The van der Waals surface area contributed by atoms with Crippen molar-refractivity contribution < 1.29 is 32.1 Å². The zero-order valence-corrected chi connectivity index (χ0v) is 20.5. The van der Waals surface area contributed by atoms with Crippen LogP contribution >= 0.6 is 24.0 Å². The SMILES string of the molecule is CN=C(NCCc1ccc(OC)c(OC)c1OC)NCc1ccccc1OC(F)(F)F.I. The summed E-state index contributed by atoms with van der Waals surface area (Å²) < 4.78 is 57.9. The second-order valence-electron chi connectivity index (χ2n) is 6.25. The number of rotatable bonds is 9. The minimum absolute atomic E-state index is 0. The first kappa shape index (κ1) is 27.5. The molecule has 0 bridgehead atoms. The maximum atomic E-state index is 12.6. The lowest BCUT2D eigenvalue weighted by Crippen LogP contribution is -2.38. The number of hydrogen-bond acceptors (Lipinski definition) is 5. The van der Waals surface area contributed by atoms with Crippen molar-refractivity contribution in [3.63, 3.8) is 0 Å². The maximum absolute atomic E-state index is 12.6. The Morgan fingerprint density at radius 3 is 2.16 bits per heavy atom. The molecule has 0 spiro atoms. The van der Waals surface area contributed by atoms with Crippen LogP contribution in [0, 0.1) is 0 Å². The van der Waals surface area contributed by atoms with Gasteiger partial charge in [-0.25, -0.2) is 0 Å². The molecule has 0 heterocycles. The van der Waals surface area contributed by atoms with E-state index in [1.165, 1.54) is 19.2 Å². The molecule has 2 rings (SSSR count). The van der Waals surface area contributed by atoms with Crippen molar-refractivity contribution in [2.75, 3.05) is 34.9 Å². The largest absolute Gasteiger partial charge is 0.573 e. The van der Waals surface area contributed by atoms with E-state index in [9.17, 15) is 13.2 Å². The van der Waals surface area contributed by atoms with Gasteiger partial charge in [0.2, 0.25) is 5.75 Å². The van der Waals surface area contributed by atoms with Gasteiger partial charge in [0, 0.05) is 31.3 Å². The number of para-hydroxylation sites is 1. The number of alkyl halides is 3. The van der Waals surface area contributed by atoms with Gasteiger partial charge < -0.3 is 29.6 Å². The maximum Gasteiger partial charge on any atom is 0.573 e. The highest BCUT2D eigenvalue weighted by Gasteiger charge is 2.31. The van der Waals surface area contributed by atoms with Crippen LogP contribution in [0.3, 0.4) is 0 Å². The number of aliphatic imine (C=N–C) groups is 1. The predicted octanol–water partition coefficient (Wildman–Crippen LogP) is 4.14. The number of nitrogens with zero attached hydrogens (tertiary/aromatic N) is 1. The normalized spacial score (nSPS) is 11.3. The number of methoxy groups -OCH3 is 3. The monoisotopic (exact) mass is 569 g/mol. The Bertz CT molecular complexity index is 895. The minimum atomic E-state index is -4.76. The molecular weight excluding hydrogens is 542 g/mol. The Morgan fingerprint density at radius 2 is 1.56 bits per heavy atom. The van der Waals surface area contributed by atoms with Crippen LogP contribution in [0.5, 0.6) is 23.0 Å². The van der Waals surface area contributed by atoms with Crippen LogP contribution in [0.25, 0.3) is 0 Å². The van der Waals surface area contributed by atoms with Crippen molar-refractivity contribution >= 4 is 29.9 Å². The van der Waals surface area contributed by atoms with Crippen LogP contribution in [0.2, 0.25) is 0 Å². The molecule has 0 aliphatic rings. The minimum Gasteiger partial charge on any atom is -0.493 e. The zero-order chi connectivity index (χ0) is 22.9. The van der Waals surface area contributed by atoms with Gasteiger partial charge in [0.05, 0.1) is 21.3 Å². The van der Waals surface area contributed by atoms with Gasteiger partial charge in [0.15, 0.2) is 17.5 Å². The molecular formula is C21H27F3IN3O4. The van der Waals surface area contributed by atoms with Crippen LogP contribution in [-0.4, -0.2) is 47.2 Å². The van der Waals surface area contributed by atoms with Gasteiger partial charge in [-0.3, -0.25) is 4.99 Å². The van der Waals surface area contributed by atoms with E-state index >= 15 is 0 Å². The summed E-state index contributed by atoms with van der Waals surface area (Å²) in [7, 11) is 6.21. The molecule has 0 saturated carbocycles. The standard InChI is InChI=1S/C21H26F3N3O4.HI/c1-25-20(27-13-15-7-5-6-8-16(15)31-21(22,23)24)26-12-11-14-9-10-17(28-2)19(30-4)18(14)29-3;/h5-10H,11-13H2,1-4H3,(H2,25,26,27);1H. The van der Waals surface area contributed by atoms with Gasteiger partial charge in [0.1, 0.15) is 5.75 Å². The van der Waals surface area contributed by atoms with Crippen LogP contribution in [0.15, 0.2) is 41.4 Å². The molecule has 0 amide bonds. The summed E-state index contributed by atoms with van der Waals surface area (Å²) in [5, 5.41) is 6.10. The summed E-state index contributed by atoms with van der Waals surface area (Å²) in [5.41, 5.74) is 1.25. The van der Waals surface area contributed by atoms with Crippen LogP contribution in [-0.2, 0) is 13.0 Å². The summed E-state index contributed by atoms with van der Waals surface area (Å²) >= 11 is 0. The molecule has 2 N–H and O–H groups in total. The molecule has 0 aliphatic carbocycles. The lowest BCUT2D eigenvalue weighted by Gasteiger charge is -2.17. The van der Waals surface area contributed by atoms with Crippen molar-refractivity contribution in [1.82, 2.24) is 10.6 Å². The fourth-order valence-electron chi connectivity index (χ4n) is 2.95. The Kier molecular flexibility index (Phi) is 11.2. The molecule has 32 heavy (non-hydrogen) atoms. The lowest BCUT2D eigenvalue weighted by atomic mass is 10.1. The molecule has 0 aromatic heterocycles. The van der Waals surface area contributed by atoms with E-state index in [0.717, 1.165) is 5.56 Å². The first-order valence-corrected chi connectivity index (χ1v) is 9.39. The average molecular weight is 569 g/mol. The topological polar surface area (TPSA) is 73.3 Å². The van der Waals surface area contributed by atoms with E-state index in [1.54, 1.807) is 39.5 Å². The lowest BCUT2D eigenvalue weighted by molar-refractivity contribution is -0.274. The number of hydrogen-bond donors (Lipinski definition) is 2. The highest BCUT2D eigenvalue weighted by Crippen LogP contribution is 2.39. The van der Waals surface area contributed by atoms with Crippen LogP contribution < -0.4 is 29.6 Å². The molecule has 0 aliphatic heterocycles. The molecule has 0 atom stereocenters. The predicted molar refractivity (Wildman–Crippen MR) is 127 cm³/mol. The smallest absolute Gasteiger partial charge is 0.493 e. The van der Waals surface area contributed by atoms with Crippen LogP contribution in [0.4, 0.5) is 13.2 Å². The first-order valence-electron chi connectivity index (χ1n) is 9.39. The van der Waals surface area contributed by atoms with E-state index < -0.39 is 6.36 Å². The van der Waals surface area contributed by atoms with Gasteiger partial charge in [-0.2, -0.15) is 0 Å². The summed E-state index contributed by atoms with van der Waals surface area (Å²) in [4.78, 5) is 4.10. The van der Waals surface area contributed by atoms with Gasteiger partial charge in [0.25, 0.3) is 0 Å². The zero-order valence-electron chi connectivity index (χ0n) is 18.2. The number of guanidine groups is 1. The number of benzene rings is 2. The number of halogens is 4.